The monoisotopic (exact) mass is 462 g/mol. The molecule has 1 saturated carbocycles. The van der Waals surface area contributed by atoms with Crippen LogP contribution in [-0.4, -0.2) is 58.5 Å². The summed E-state index contributed by atoms with van der Waals surface area (Å²) in [6.07, 6.45) is 0.792. The zero-order chi connectivity index (χ0) is 20.9. The zero-order valence-corrected chi connectivity index (χ0v) is 18.3. The molecule has 0 bridgehead atoms. The molecule has 2 unspecified atom stereocenters. The summed E-state index contributed by atoms with van der Waals surface area (Å²) in [5, 5.41) is 0.694. The second kappa shape index (κ2) is 7.56. The molecule has 30 heavy (non-hydrogen) atoms. The first-order chi connectivity index (χ1) is 14.5. The molecule has 156 valence electrons. The van der Waals surface area contributed by atoms with Crippen molar-refractivity contribution in [1.29, 1.82) is 0 Å². The van der Waals surface area contributed by atoms with Crippen molar-refractivity contribution in [3.05, 3.63) is 53.1 Å². The molecule has 5 rings (SSSR count). The number of hydrogen-bond acceptors (Lipinski definition) is 6. The van der Waals surface area contributed by atoms with Crippen LogP contribution in [0.3, 0.4) is 0 Å². The summed E-state index contributed by atoms with van der Waals surface area (Å²) in [7, 11) is -3.69. The average Bonchev–Trinajstić information content (AvgIpc) is 3.40. The van der Waals surface area contributed by atoms with E-state index in [4.69, 9.17) is 11.6 Å². The largest absolute Gasteiger partial charge is 0.340 e. The van der Waals surface area contributed by atoms with Crippen LogP contribution in [-0.2, 0) is 14.8 Å². The summed E-state index contributed by atoms with van der Waals surface area (Å²) in [6, 6.07) is 12.6. The highest BCUT2D eigenvalue weighted by Crippen LogP contribution is 2.50. The molecule has 10 heteroatoms. The first-order valence-electron chi connectivity index (χ1n) is 9.71. The van der Waals surface area contributed by atoms with Crippen LogP contribution in [0.5, 0.6) is 0 Å². The van der Waals surface area contributed by atoms with E-state index < -0.39 is 10.0 Å². The van der Waals surface area contributed by atoms with Crippen LogP contribution < -0.4 is 0 Å². The molecule has 0 spiro atoms. The molecule has 0 N–H and O–H groups in total. The Balaban J connectivity index is 1.26. The predicted octanol–water partition coefficient (Wildman–Crippen LogP) is 2.98. The zero-order valence-electron chi connectivity index (χ0n) is 15.9. The maximum atomic E-state index is 13.1. The number of carbonyl (C=O) groups excluding carboxylic acids is 1. The van der Waals surface area contributed by atoms with Crippen LogP contribution in [0.1, 0.15) is 17.9 Å². The predicted molar refractivity (Wildman–Crippen MR) is 115 cm³/mol. The van der Waals surface area contributed by atoms with Crippen molar-refractivity contribution in [3.8, 4) is 0 Å². The van der Waals surface area contributed by atoms with Crippen LogP contribution in [0, 0.1) is 5.92 Å². The van der Waals surface area contributed by atoms with Gasteiger partial charge in [0, 0.05) is 37.1 Å². The third kappa shape index (κ3) is 3.39. The summed E-state index contributed by atoms with van der Waals surface area (Å²) in [5.74, 6) is 0.174. The Labute approximate surface area is 183 Å². The van der Waals surface area contributed by atoms with E-state index in [1.807, 2.05) is 24.3 Å². The number of hydrogen-bond donors (Lipinski definition) is 0. The molecule has 1 amide bonds. The lowest BCUT2D eigenvalue weighted by molar-refractivity contribution is -0.133. The van der Waals surface area contributed by atoms with E-state index in [0.717, 1.165) is 23.7 Å². The molecule has 2 heterocycles. The highest BCUT2D eigenvalue weighted by atomic mass is 35.5. The van der Waals surface area contributed by atoms with Gasteiger partial charge in [-0.15, -0.1) is 0 Å². The number of fused-ring (bicyclic) bond motifs is 1. The molecule has 1 saturated heterocycles. The quantitative estimate of drug-likeness (QED) is 0.595. The number of amides is 1. The minimum absolute atomic E-state index is 0.0668. The van der Waals surface area contributed by atoms with Crippen molar-refractivity contribution in [1.82, 2.24) is 18.0 Å². The highest BCUT2D eigenvalue weighted by molar-refractivity contribution is 7.89. The first kappa shape index (κ1) is 19.9. The smallest absolute Gasteiger partial charge is 0.245 e. The standard InChI is InChI=1S/C20H19ClN4O3S2/c21-16-5-2-1-4-13(16)14-12-15(14)20(26)24-8-10-25(11-9-24)30(27,28)18-7-3-6-17-19(18)23-29-22-17/h1-7,14-15H,8-12H2. The topological polar surface area (TPSA) is 83.5 Å². The van der Waals surface area contributed by atoms with Crippen LogP contribution in [0.4, 0.5) is 0 Å². The summed E-state index contributed by atoms with van der Waals surface area (Å²) < 4.78 is 36.0. The van der Waals surface area contributed by atoms with E-state index in [1.54, 1.807) is 23.1 Å². The minimum Gasteiger partial charge on any atom is -0.340 e. The molecule has 0 radical (unpaired) electrons. The number of carbonyl (C=O) groups is 1. The van der Waals surface area contributed by atoms with Gasteiger partial charge < -0.3 is 4.90 Å². The third-order valence-electron chi connectivity index (χ3n) is 5.83. The number of benzene rings is 2. The molecule has 2 aromatic carbocycles. The fourth-order valence-corrected chi connectivity index (χ4v) is 6.55. The normalized spacial score (nSPS) is 22.4. The maximum absolute atomic E-state index is 13.1. The van der Waals surface area contributed by atoms with Gasteiger partial charge in [0.15, 0.2) is 0 Å². The fourth-order valence-electron chi connectivity index (χ4n) is 4.10. The van der Waals surface area contributed by atoms with Crippen LogP contribution >= 0.6 is 23.3 Å². The van der Waals surface area contributed by atoms with Crippen molar-refractivity contribution < 1.29 is 13.2 Å². The van der Waals surface area contributed by atoms with Gasteiger partial charge in [0.05, 0.1) is 11.7 Å². The van der Waals surface area contributed by atoms with Crippen LogP contribution in [0.15, 0.2) is 47.4 Å². The van der Waals surface area contributed by atoms with Crippen LogP contribution in [0.2, 0.25) is 5.02 Å². The number of rotatable bonds is 4. The lowest BCUT2D eigenvalue weighted by Gasteiger charge is -2.34. The van der Waals surface area contributed by atoms with Crippen molar-refractivity contribution in [3.63, 3.8) is 0 Å². The van der Waals surface area contributed by atoms with Crippen LogP contribution in [0.25, 0.3) is 11.0 Å². The average molecular weight is 463 g/mol. The van der Waals surface area contributed by atoms with Crippen molar-refractivity contribution in [2.75, 3.05) is 26.2 Å². The Morgan fingerprint density at radius 3 is 2.57 bits per heavy atom. The summed E-state index contributed by atoms with van der Waals surface area (Å²) in [5.41, 5.74) is 2.00. The Kier molecular flexibility index (Phi) is 5.01. The molecule has 3 aromatic rings. The van der Waals surface area contributed by atoms with Crippen molar-refractivity contribution in [2.45, 2.75) is 17.2 Å². The van der Waals surface area contributed by atoms with Gasteiger partial charge in [0.2, 0.25) is 15.9 Å². The number of halogens is 1. The molecule has 7 nitrogen and oxygen atoms in total. The summed E-state index contributed by atoms with van der Waals surface area (Å²) in [4.78, 5) is 14.9. The van der Waals surface area contributed by atoms with Gasteiger partial charge in [-0.3, -0.25) is 4.79 Å². The molecule has 1 aliphatic carbocycles. The molecule has 2 fully saturated rings. The van der Waals surface area contributed by atoms with E-state index in [2.05, 4.69) is 8.75 Å². The minimum atomic E-state index is -3.69. The van der Waals surface area contributed by atoms with Gasteiger partial charge >= 0.3 is 0 Å². The number of nitrogens with zero attached hydrogens (tertiary/aromatic N) is 4. The lowest BCUT2D eigenvalue weighted by Crippen LogP contribution is -2.51. The van der Waals surface area contributed by atoms with Gasteiger partial charge in [-0.05, 0) is 36.1 Å². The van der Waals surface area contributed by atoms with E-state index in [-0.39, 0.29) is 35.7 Å². The van der Waals surface area contributed by atoms with Crippen molar-refractivity contribution in [2.24, 2.45) is 5.92 Å². The van der Waals surface area contributed by atoms with Gasteiger partial charge in [-0.1, -0.05) is 35.9 Å². The molecule has 1 aromatic heterocycles. The Morgan fingerprint density at radius 1 is 1.03 bits per heavy atom. The van der Waals surface area contributed by atoms with E-state index in [0.29, 0.717) is 29.1 Å². The molecule has 2 aliphatic rings. The number of piperazine rings is 1. The molecule has 2 atom stereocenters. The molecular weight excluding hydrogens is 444 g/mol. The fraction of sp³-hybridized carbons (Fsp3) is 0.350. The second-order valence-electron chi connectivity index (χ2n) is 7.59. The maximum Gasteiger partial charge on any atom is 0.245 e. The van der Waals surface area contributed by atoms with Crippen molar-refractivity contribution >= 4 is 50.3 Å². The Morgan fingerprint density at radius 2 is 1.80 bits per heavy atom. The second-order valence-corrected chi connectivity index (χ2v) is 10.4. The molecule has 1 aliphatic heterocycles. The highest BCUT2D eigenvalue weighted by Gasteiger charge is 2.47. The Bertz CT molecular complexity index is 1220. The van der Waals surface area contributed by atoms with E-state index in [9.17, 15) is 13.2 Å². The summed E-state index contributed by atoms with van der Waals surface area (Å²) >= 11 is 7.27. The van der Waals surface area contributed by atoms with E-state index >= 15 is 0 Å². The van der Waals surface area contributed by atoms with Gasteiger partial charge in [-0.25, -0.2) is 8.42 Å². The lowest BCUT2D eigenvalue weighted by atomic mass is 10.1. The SMILES string of the molecule is O=C(C1CC1c1ccccc1Cl)N1CCN(S(=O)(=O)c2cccc3nsnc23)CC1. The first-order valence-corrected chi connectivity index (χ1v) is 12.3. The number of sulfonamides is 1. The number of aromatic nitrogens is 2. The van der Waals surface area contributed by atoms with Gasteiger partial charge in [0.1, 0.15) is 15.9 Å². The van der Waals surface area contributed by atoms with Gasteiger partial charge in [-0.2, -0.15) is 13.1 Å². The van der Waals surface area contributed by atoms with Gasteiger partial charge in [0.25, 0.3) is 0 Å². The molecular formula is C20H19ClN4O3S2. The van der Waals surface area contributed by atoms with E-state index in [1.165, 1.54) is 4.31 Å². The Hall–Kier alpha value is -2.07. The summed E-state index contributed by atoms with van der Waals surface area (Å²) in [6.45, 7) is 1.31. The third-order valence-corrected chi connectivity index (χ3v) is 8.65.